The van der Waals surface area contributed by atoms with Gasteiger partial charge in [-0.1, -0.05) is 0 Å². The molecule has 0 saturated carbocycles. The Balaban J connectivity index is 1.47. The van der Waals surface area contributed by atoms with Crippen LogP contribution in [-0.4, -0.2) is 25.1 Å². The summed E-state index contributed by atoms with van der Waals surface area (Å²) in [5.41, 5.74) is 2.52. The Labute approximate surface area is 152 Å². The number of hydrogen-bond donors (Lipinski definition) is 0. The molecular weight excluding hydrogens is 352 g/mol. The summed E-state index contributed by atoms with van der Waals surface area (Å²) in [6.45, 7) is 1.90. The van der Waals surface area contributed by atoms with Crippen molar-refractivity contribution in [3.63, 3.8) is 0 Å². The lowest BCUT2D eigenvalue weighted by Gasteiger charge is -2.07. The van der Waals surface area contributed by atoms with Gasteiger partial charge in [0.25, 0.3) is 5.56 Å². The van der Waals surface area contributed by atoms with E-state index in [0.29, 0.717) is 16.2 Å². The van der Waals surface area contributed by atoms with Crippen molar-refractivity contribution in [3.8, 4) is 5.69 Å². The third-order valence-electron chi connectivity index (χ3n) is 3.89. The molecule has 0 saturated heterocycles. The summed E-state index contributed by atoms with van der Waals surface area (Å²) < 4.78 is 8.51. The molecule has 0 atom stereocenters. The molecule has 3 heterocycles. The Morgan fingerprint density at radius 3 is 2.77 bits per heavy atom. The maximum Gasteiger partial charge on any atom is 0.338 e. The average Bonchev–Trinajstić information content (AvgIpc) is 3.29. The summed E-state index contributed by atoms with van der Waals surface area (Å²) in [4.78, 5) is 29.0. The number of aryl methyl sites for hydroxylation is 1. The maximum absolute atomic E-state index is 12.2. The molecule has 3 aromatic heterocycles. The van der Waals surface area contributed by atoms with Gasteiger partial charge in [-0.2, -0.15) is 5.10 Å². The Morgan fingerprint density at radius 2 is 2.04 bits per heavy atom. The molecule has 26 heavy (non-hydrogen) atoms. The second-order valence-electron chi connectivity index (χ2n) is 5.65. The number of carbonyl (C=O) groups is 1. The zero-order chi connectivity index (χ0) is 18.1. The van der Waals surface area contributed by atoms with E-state index in [1.165, 1.54) is 21.8 Å². The van der Waals surface area contributed by atoms with E-state index < -0.39 is 5.97 Å². The third kappa shape index (κ3) is 3.02. The fourth-order valence-corrected chi connectivity index (χ4v) is 3.30. The summed E-state index contributed by atoms with van der Waals surface area (Å²) in [7, 11) is 0. The van der Waals surface area contributed by atoms with Crippen LogP contribution in [0.2, 0.25) is 0 Å². The highest BCUT2D eigenvalue weighted by atomic mass is 32.1. The Bertz CT molecular complexity index is 1140. The number of benzene rings is 1. The molecule has 0 aliphatic carbocycles. The number of nitrogens with zero attached hydrogens (tertiary/aromatic N) is 4. The summed E-state index contributed by atoms with van der Waals surface area (Å²) in [5, 5.41) is 6.01. The van der Waals surface area contributed by atoms with Crippen molar-refractivity contribution in [1.82, 2.24) is 19.2 Å². The van der Waals surface area contributed by atoms with Crippen molar-refractivity contribution in [2.45, 2.75) is 13.5 Å². The van der Waals surface area contributed by atoms with Gasteiger partial charge >= 0.3 is 5.97 Å². The maximum atomic E-state index is 12.2. The van der Waals surface area contributed by atoms with Gasteiger partial charge in [0, 0.05) is 29.5 Å². The molecule has 7 nitrogen and oxygen atoms in total. The third-order valence-corrected chi connectivity index (χ3v) is 4.64. The molecule has 0 bridgehead atoms. The molecule has 1 aromatic carbocycles. The van der Waals surface area contributed by atoms with Gasteiger partial charge in [0.1, 0.15) is 6.61 Å². The van der Waals surface area contributed by atoms with Crippen LogP contribution in [0.3, 0.4) is 0 Å². The minimum absolute atomic E-state index is 0.0531. The van der Waals surface area contributed by atoms with Crippen LogP contribution in [0.4, 0.5) is 0 Å². The van der Waals surface area contributed by atoms with Crippen molar-refractivity contribution in [2.75, 3.05) is 0 Å². The molecule has 130 valence electrons. The van der Waals surface area contributed by atoms with Gasteiger partial charge < -0.3 is 4.74 Å². The minimum Gasteiger partial charge on any atom is -0.456 e. The molecule has 0 aliphatic heterocycles. The quantitative estimate of drug-likeness (QED) is 0.519. The second kappa shape index (κ2) is 6.57. The zero-order valence-electron chi connectivity index (χ0n) is 13.8. The predicted octanol–water partition coefficient (Wildman–Crippen LogP) is 2.61. The van der Waals surface area contributed by atoms with Crippen LogP contribution >= 0.6 is 11.3 Å². The predicted molar refractivity (Wildman–Crippen MR) is 96.8 cm³/mol. The molecule has 8 heteroatoms. The van der Waals surface area contributed by atoms with Crippen LogP contribution in [-0.2, 0) is 11.3 Å². The molecule has 4 aromatic rings. The smallest absolute Gasteiger partial charge is 0.338 e. The summed E-state index contributed by atoms with van der Waals surface area (Å²) in [6.07, 6.45) is 3.38. The van der Waals surface area contributed by atoms with E-state index in [1.54, 1.807) is 46.7 Å². The van der Waals surface area contributed by atoms with E-state index in [2.05, 4.69) is 10.1 Å². The van der Waals surface area contributed by atoms with Gasteiger partial charge in [0.05, 0.1) is 16.9 Å². The lowest BCUT2D eigenvalue weighted by molar-refractivity contribution is 0.0468. The number of rotatable bonds is 4. The molecule has 4 rings (SSSR count). The van der Waals surface area contributed by atoms with Crippen molar-refractivity contribution in [3.05, 3.63) is 81.5 Å². The van der Waals surface area contributed by atoms with Gasteiger partial charge in [0.15, 0.2) is 4.96 Å². The van der Waals surface area contributed by atoms with E-state index in [4.69, 9.17) is 4.74 Å². The normalized spacial score (nSPS) is 11.0. The molecule has 0 fully saturated rings. The summed E-state index contributed by atoms with van der Waals surface area (Å²) in [6, 6.07) is 10.3. The van der Waals surface area contributed by atoms with E-state index >= 15 is 0 Å². The number of esters is 1. The first-order valence-electron chi connectivity index (χ1n) is 7.86. The number of ether oxygens (including phenoxy) is 1. The van der Waals surface area contributed by atoms with Crippen molar-refractivity contribution in [1.29, 1.82) is 0 Å². The Morgan fingerprint density at radius 1 is 1.23 bits per heavy atom. The number of aromatic nitrogens is 4. The van der Waals surface area contributed by atoms with Crippen molar-refractivity contribution < 1.29 is 9.53 Å². The Hall–Kier alpha value is -3.26. The summed E-state index contributed by atoms with van der Waals surface area (Å²) in [5.74, 6) is -0.470. The average molecular weight is 366 g/mol. The number of carbonyl (C=O) groups excluding carboxylic acids is 1. The molecule has 0 aliphatic rings. The Kier molecular flexibility index (Phi) is 4.10. The minimum atomic E-state index is -0.470. The van der Waals surface area contributed by atoms with E-state index in [0.717, 1.165) is 11.4 Å². The zero-order valence-corrected chi connectivity index (χ0v) is 14.6. The second-order valence-corrected chi connectivity index (χ2v) is 6.52. The first-order chi connectivity index (χ1) is 12.6. The lowest BCUT2D eigenvalue weighted by atomic mass is 10.2. The van der Waals surface area contributed by atoms with Crippen LogP contribution < -0.4 is 5.56 Å². The first kappa shape index (κ1) is 16.2. The monoisotopic (exact) mass is 366 g/mol. The number of thiazole rings is 1. The van der Waals surface area contributed by atoms with Crippen LogP contribution in [0.15, 0.2) is 59.0 Å². The molecular formula is C18H14N4O3S. The van der Waals surface area contributed by atoms with E-state index in [-0.39, 0.29) is 12.2 Å². The highest BCUT2D eigenvalue weighted by Crippen LogP contribution is 2.13. The highest BCUT2D eigenvalue weighted by Gasteiger charge is 2.10. The highest BCUT2D eigenvalue weighted by molar-refractivity contribution is 7.15. The van der Waals surface area contributed by atoms with Crippen LogP contribution in [0.5, 0.6) is 0 Å². The SMILES string of the molecule is Cc1ccnn1-c1ccc(C(=O)OCc2cc(=O)n3ccsc3n2)cc1. The van der Waals surface area contributed by atoms with Crippen LogP contribution in [0.1, 0.15) is 21.7 Å². The van der Waals surface area contributed by atoms with Crippen LogP contribution in [0, 0.1) is 6.92 Å². The first-order valence-corrected chi connectivity index (χ1v) is 8.74. The molecule has 0 amide bonds. The van der Waals surface area contributed by atoms with E-state index in [9.17, 15) is 9.59 Å². The molecule has 0 unspecified atom stereocenters. The van der Waals surface area contributed by atoms with Crippen molar-refractivity contribution in [2.24, 2.45) is 0 Å². The van der Waals surface area contributed by atoms with Crippen LogP contribution in [0.25, 0.3) is 10.6 Å². The van der Waals surface area contributed by atoms with E-state index in [1.807, 2.05) is 13.0 Å². The van der Waals surface area contributed by atoms with Gasteiger partial charge in [0.2, 0.25) is 0 Å². The lowest BCUT2D eigenvalue weighted by Crippen LogP contribution is -2.14. The molecule has 0 N–H and O–H groups in total. The molecule has 0 radical (unpaired) electrons. The largest absolute Gasteiger partial charge is 0.456 e. The van der Waals surface area contributed by atoms with Gasteiger partial charge in [-0.25, -0.2) is 14.5 Å². The summed E-state index contributed by atoms with van der Waals surface area (Å²) >= 11 is 1.35. The van der Waals surface area contributed by atoms with Crippen molar-refractivity contribution >= 4 is 22.3 Å². The fraction of sp³-hybridized carbons (Fsp3) is 0.111. The number of hydrogen-bond acceptors (Lipinski definition) is 6. The fourth-order valence-electron chi connectivity index (χ4n) is 2.56. The standard InChI is InChI=1S/C18H14N4O3S/c1-12-6-7-19-22(12)15-4-2-13(3-5-15)17(24)25-11-14-10-16(23)21-8-9-26-18(21)20-14/h2-10H,11H2,1H3. The van der Waals surface area contributed by atoms with Gasteiger partial charge in [-0.05, 0) is 37.3 Å². The molecule has 0 spiro atoms. The number of fused-ring (bicyclic) bond motifs is 1. The topological polar surface area (TPSA) is 78.5 Å². The van der Waals surface area contributed by atoms with Gasteiger partial charge in [-0.15, -0.1) is 11.3 Å². The van der Waals surface area contributed by atoms with Gasteiger partial charge in [-0.3, -0.25) is 9.20 Å².